The van der Waals surface area contributed by atoms with Gasteiger partial charge in [0.05, 0.1) is 18.3 Å². The molecule has 100 valence electrons. The SMILES string of the molecule is NCc1nccnc1NC(CO)Cc1ccccc1. The van der Waals surface area contributed by atoms with E-state index in [2.05, 4.69) is 15.3 Å². The summed E-state index contributed by atoms with van der Waals surface area (Å²) in [6, 6.07) is 9.90. The van der Waals surface area contributed by atoms with Gasteiger partial charge >= 0.3 is 0 Å². The van der Waals surface area contributed by atoms with Crippen molar-refractivity contribution in [3.05, 3.63) is 54.0 Å². The molecule has 0 aliphatic heterocycles. The minimum Gasteiger partial charge on any atom is -0.394 e. The van der Waals surface area contributed by atoms with Crippen LogP contribution >= 0.6 is 0 Å². The number of nitrogens with one attached hydrogen (secondary N) is 1. The van der Waals surface area contributed by atoms with E-state index in [4.69, 9.17) is 5.73 Å². The molecule has 0 amide bonds. The lowest BCUT2D eigenvalue weighted by Gasteiger charge is -2.18. The number of aliphatic hydroxyl groups excluding tert-OH is 1. The van der Waals surface area contributed by atoms with Crippen molar-refractivity contribution in [2.75, 3.05) is 11.9 Å². The van der Waals surface area contributed by atoms with Gasteiger partial charge in [-0.3, -0.25) is 4.98 Å². The van der Waals surface area contributed by atoms with E-state index in [1.54, 1.807) is 12.4 Å². The van der Waals surface area contributed by atoms with E-state index in [1.165, 1.54) is 0 Å². The molecular formula is C14H18N4O. The Morgan fingerprint density at radius 1 is 1.16 bits per heavy atom. The Bertz CT molecular complexity index is 504. The number of aromatic nitrogens is 2. The van der Waals surface area contributed by atoms with E-state index in [9.17, 15) is 5.11 Å². The van der Waals surface area contributed by atoms with E-state index in [-0.39, 0.29) is 12.6 Å². The van der Waals surface area contributed by atoms with Crippen LogP contribution in [0.5, 0.6) is 0 Å². The highest BCUT2D eigenvalue weighted by molar-refractivity contribution is 5.40. The van der Waals surface area contributed by atoms with E-state index in [0.717, 1.165) is 12.0 Å². The predicted molar refractivity (Wildman–Crippen MR) is 74.6 cm³/mol. The molecule has 1 unspecified atom stereocenters. The van der Waals surface area contributed by atoms with Crippen LogP contribution in [0.15, 0.2) is 42.7 Å². The van der Waals surface area contributed by atoms with Crippen LogP contribution in [-0.4, -0.2) is 27.7 Å². The Morgan fingerprint density at radius 2 is 1.89 bits per heavy atom. The lowest BCUT2D eigenvalue weighted by Crippen LogP contribution is -2.28. The third kappa shape index (κ3) is 3.74. The molecule has 0 fully saturated rings. The van der Waals surface area contributed by atoms with Crippen molar-refractivity contribution in [3.63, 3.8) is 0 Å². The fourth-order valence-electron chi connectivity index (χ4n) is 1.89. The summed E-state index contributed by atoms with van der Waals surface area (Å²) in [5.74, 6) is 0.639. The highest BCUT2D eigenvalue weighted by Gasteiger charge is 2.11. The molecule has 4 N–H and O–H groups in total. The van der Waals surface area contributed by atoms with E-state index >= 15 is 0 Å². The first kappa shape index (κ1) is 13.5. The summed E-state index contributed by atoms with van der Waals surface area (Å²) in [4.78, 5) is 8.37. The fourth-order valence-corrected chi connectivity index (χ4v) is 1.89. The number of aliphatic hydroxyl groups is 1. The summed E-state index contributed by atoms with van der Waals surface area (Å²) in [5.41, 5.74) is 7.48. The Labute approximate surface area is 112 Å². The number of rotatable bonds is 6. The smallest absolute Gasteiger partial charge is 0.149 e. The molecule has 0 saturated carbocycles. The van der Waals surface area contributed by atoms with Crippen LogP contribution in [0, 0.1) is 0 Å². The summed E-state index contributed by atoms with van der Waals surface area (Å²) >= 11 is 0. The third-order valence-electron chi connectivity index (χ3n) is 2.85. The number of hydrogen-bond acceptors (Lipinski definition) is 5. The van der Waals surface area contributed by atoms with Gasteiger partial charge in [-0.2, -0.15) is 0 Å². The van der Waals surface area contributed by atoms with Gasteiger partial charge in [-0.1, -0.05) is 30.3 Å². The molecule has 2 aromatic rings. The molecule has 0 aliphatic carbocycles. The molecule has 5 nitrogen and oxygen atoms in total. The summed E-state index contributed by atoms with van der Waals surface area (Å²) in [7, 11) is 0. The predicted octanol–water partition coefficient (Wildman–Crippen LogP) is 0.951. The number of nitrogens with zero attached hydrogens (tertiary/aromatic N) is 2. The van der Waals surface area contributed by atoms with E-state index in [1.807, 2.05) is 30.3 Å². The molecule has 1 aromatic heterocycles. The zero-order valence-electron chi connectivity index (χ0n) is 10.7. The first-order chi connectivity index (χ1) is 9.33. The molecule has 19 heavy (non-hydrogen) atoms. The van der Waals surface area contributed by atoms with Crippen molar-refractivity contribution < 1.29 is 5.11 Å². The summed E-state index contributed by atoms with van der Waals surface area (Å²) < 4.78 is 0. The van der Waals surface area contributed by atoms with E-state index < -0.39 is 0 Å². The van der Waals surface area contributed by atoms with Crippen molar-refractivity contribution in [1.82, 2.24) is 9.97 Å². The quantitative estimate of drug-likeness (QED) is 0.718. The topological polar surface area (TPSA) is 84.1 Å². The number of nitrogens with two attached hydrogens (primary N) is 1. The lowest BCUT2D eigenvalue weighted by molar-refractivity contribution is 0.273. The average Bonchev–Trinajstić information content (AvgIpc) is 2.48. The normalized spacial score (nSPS) is 12.1. The van der Waals surface area contributed by atoms with Gasteiger partial charge < -0.3 is 16.2 Å². The standard InChI is InChI=1S/C14H18N4O/c15-9-13-14(17-7-6-16-13)18-12(10-19)8-11-4-2-1-3-5-11/h1-7,12,19H,8-10,15H2,(H,17,18). The Morgan fingerprint density at radius 3 is 2.58 bits per heavy atom. The first-order valence-corrected chi connectivity index (χ1v) is 6.24. The van der Waals surface area contributed by atoms with Gasteiger partial charge in [0.2, 0.25) is 0 Å². The molecule has 0 saturated heterocycles. The largest absolute Gasteiger partial charge is 0.394 e. The van der Waals surface area contributed by atoms with Crippen LogP contribution < -0.4 is 11.1 Å². The maximum Gasteiger partial charge on any atom is 0.149 e. The zero-order valence-corrected chi connectivity index (χ0v) is 10.7. The second kappa shape index (κ2) is 6.82. The summed E-state index contributed by atoms with van der Waals surface area (Å²) in [6.07, 6.45) is 3.94. The minimum atomic E-state index is -0.107. The minimum absolute atomic E-state index is 0.0233. The van der Waals surface area contributed by atoms with Crippen molar-refractivity contribution >= 4 is 5.82 Å². The van der Waals surface area contributed by atoms with Gasteiger partial charge in [0, 0.05) is 18.9 Å². The summed E-state index contributed by atoms with van der Waals surface area (Å²) in [6.45, 7) is 0.342. The molecule has 0 radical (unpaired) electrons. The fraction of sp³-hybridized carbons (Fsp3) is 0.286. The lowest BCUT2D eigenvalue weighted by atomic mass is 10.1. The summed E-state index contributed by atoms with van der Waals surface area (Å²) in [5, 5.41) is 12.7. The second-order valence-electron chi connectivity index (χ2n) is 4.27. The number of anilines is 1. The second-order valence-corrected chi connectivity index (χ2v) is 4.27. The maximum absolute atomic E-state index is 9.47. The van der Waals surface area contributed by atoms with Gasteiger partial charge in [0.15, 0.2) is 0 Å². The molecule has 0 bridgehead atoms. The van der Waals surface area contributed by atoms with Gasteiger partial charge in [0.1, 0.15) is 5.82 Å². The van der Waals surface area contributed by atoms with Gasteiger partial charge in [-0.15, -0.1) is 0 Å². The molecule has 5 heteroatoms. The van der Waals surface area contributed by atoms with Gasteiger partial charge in [0.25, 0.3) is 0 Å². The Kier molecular flexibility index (Phi) is 4.83. The van der Waals surface area contributed by atoms with Crippen molar-refractivity contribution in [2.45, 2.75) is 19.0 Å². The van der Waals surface area contributed by atoms with Gasteiger partial charge in [-0.25, -0.2) is 4.98 Å². The van der Waals surface area contributed by atoms with Gasteiger partial charge in [-0.05, 0) is 12.0 Å². The van der Waals surface area contributed by atoms with Crippen LogP contribution in [0.2, 0.25) is 0 Å². The first-order valence-electron chi connectivity index (χ1n) is 6.24. The zero-order chi connectivity index (χ0) is 13.5. The molecule has 1 atom stereocenters. The number of hydrogen-bond donors (Lipinski definition) is 3. The van der Waals surface area contributed by atoms with E-state index in [0.29, 0.717) is 18.1 Å². The highest BCUT2D eigenvalue weighted by Crippen LogP contribution is 2.11. The van der Waals surface area contributed by atoms with Crippen LogP contribution in [0.3, 0.4) is 0 Å². The third-order valence-corrected chi connectivity index (χ3v) is 2.85. The van der Waals surface area contributed by atoms with Crippen LogP contribution in [0.4, 0.5) is 5.82 Å². The molecule has 0 aliphatic rings. The molecule has 2 rings (SSSR count). The van der Waals surface area contributed by atoms with Crippen molar-refractivity contribution in [3.8, 4) is 0 Å². The molecular weight excluding hydrogens is 240 g/mol. The molecule has 1 heterocycles. The van der Waals surface area contributed by atoms with Crippen LogP contribution in [0.25, 0.3) is 0 Å². The molecule has 0 spiro atoms. The van der Waals surface area contributed by atoms with Crippen LogP contribution in [-0.2, 0) is 13.0 Å². The van der Waals surface area contributed by atoms with Crippen molar-refractivity contribution in [2.24, 2.45) is 5.73 Å². The monoisotopic (exact) mass is 258 g/mol. The van der Waals surface area contributed by atoms with Crippen molar-refractivity contribution in [1.29, 1.82) is 0 Å². The molecule has 1 aromatic carbocycles. The average molecular weight is 258 g/mol. The Balaban J connectivity index is 2.07. The number of benzene rings is 1. The maximum atomic E-state index is 9.47. The Hall–Kier alpha value is -1.98. The highest BCUT2D eigenvalue weighted by atomic mass is 16.3. The van der Waals surface area contributed by atoms with Crippen LogP contribution in [0.1, 0.15) is 11.3 Å².